The predicted octanol–water partition coefficient (Wildman–Crippen LogP) is -1.14. The van der Waals surface area contributed by atoms with E-state index in [1.54, 1.807) is 0 Å². The van der Waals surface area contributed by atoms with Crippen LogP contribution in [0.3, 0.4) is 0 Å². The number of rotatable bonds is 0. The molecule has 0 heterocycles. The Hall–Kier alpha value is 2.92. The Kier molecular flexibility index (Phi) is 119. The molecular weight excluding hydrogens is 446 g/mol. The second-order valence-corrected chi connectivity index (χ2v) is 0. The summed E-state index contributed by atoms with van der Waals surface area (Å²) in [6.45, 7) is 0. The Labute approximate surface area is 87.7 Å². The van der Waals surface area contributed by atoms with Gasteiger partial charge in [0, 0.05) is 89.3 Å². The Bertz CT molecular complexity index is 3.25. The maximum Gasteiger partial charge on any atom is 0 e. The van der Waals surface area contributed by atoms with E-state index in [9.17, 15) is 0 Å². The molecule has 0 fully saturated rings. The van der Waals surface area contributed by atoms with Gasteiger partial charge in [-0.25, -0.2) is 0 Å². The van der Waals surface area contributed by atoms with E-state index in [1.165, 1.54) is 0 Å². The first-order chi connectivity index (χ1) is 0. The minimum absolute atomic E-state index is 0. The van der Waals surface area contributed by atoms with Crippen LogP contribution in [-0.2, 0) is 0 Å². The first-order valence-electron chi connectivity index (χ1n) is 0. The number of hydrogen-bond acceptors (Lipinski definition) is 0. The topological polar surface area (TPSA) is 0 Å². The van der Waals surface area contributed by atoms with Crippen molar-refractivity contribution in [2.24, 2.45) is 0 Å². The third-order valence-electron chi connectivity index (χ3n) is 0. The van der Waals surface area contributed by atoms with Crippen molar-refractivity contribution in [1.82, 2.24) is 0 Å². The van der Waals surface area contributed by atoms with Crippen LogP contribution in [0.15, 0.2) is 0 Å². The summed E-state index contributed by atoms with van der Waals surface area (Å²) >= 11 is 0. The fourth-order valence-electron chi connectivity index (χ4n) is 0. The normalized spacial score (nSPS) is 0. The quantitative estimate of drug-likeness (QED) is 0.413. The van der Waals surface area contributed by atoms with E-state index in [4.69, 9.17) is 0 Å². The van der Waals surface area contributed by atoms with Gasteiger partial charge >= 0.3 is 0 Å². The molecule has 0 nitrogen and oxygen atoms in total. The van der Waals surface area contributed by atoms with Gasteiger partial charge in [-0.15, -0.1) is 0 Å². The van der Waals surface area contributed by atoms with Crippen molar-refractivity contribution in [1.29, 1.82) is 0 Å². The van der Waals surface area contributed by atoms with Gasteiger partial charge in [0.15, 0.2) is 0 Å². The van der Waals surface area contributed by atoms with Crippen LogP contribution in [0.25, 0.3) is 0 Å². The Morgan fingerprint density at radius 1 is 0.500 bits per heavy atom. The van der Waals surface area contributed by atoms with E-state index in [2.05, 4.69) is 0 Å². The van der Waals surface area contributed by atoms with Gasteiger partial charge in [-0.1, -0.05) is 0 Å². The van der Waals surface area contributed by atoms with Gasteiger partial charge in [0.05, 0.1) is 0 Å². The molecule has 14 valence electrons. The van der Waals surface area contributed by atoms with Crippen LogP contribution >= 0.6 is 0 Å². The van der Waals surface area contributed by atoms with E-state index < -0.39 is 0 Å². The largest absolute Gasteiger partial charge is 0 e. The van der Waals surface area contributed by atoms with Crippen LogP contribution in [0.1, 0.15) is 0 Å². The van der Waals surface area contributed by atoms with Crippen molar-refractivity contribution in [3.8, 4) is 0 Å². The maximum absolute atomic E-state index is 0. The summed E-state index contributed by atoms with van der Waals surface area (Å²) < 4.78 is 0. The fourth-order valence-corrected chi connectivity index (χ4v) is 0. The molecule has 0 aromatic rings. The molecule has 0 saturated carbocycles. The minimum atomic E-state index is 0. The van der Waals surface area contributed by atoms with Crippen LogP contribution in [0.2, 0.25) is 0 Å². The summed E-state index contributed by atoms with van der Waals surface area (Å²) in [5, 5.41) is 0. The van der Waals surface area contributed by atoms with E-state index in [1.807, 2.05) is 0 Å². The van der Waals surface area contributed by atoms with Crippen LogP contribution in [0.5, 0.6) is 0 Å². The van der Waals surface area contributed by atoms with E-state index in [0.29, 0.717) is 0 Å². The zero-order valence-electron chi connectivity index (χ0n) is 2.18. The van der Waals surface area contributed by atoms with Crippen molar-refractivity contribution < 1.29 is 29.9 Å². The third-order valence-corrected chi connectivity index (χ3v) is 0. The zero-order valence-corrected chi connectivity index (χ0v) is 13.2. The van der Waals surface area contributed by atoms with Gasteiger partial charge in [-0.2, -0.15) is 0 Å². The molecule has 0 aliphatic heterocycles. The molecule has 0 amide bonds. The average Bonchev–Trinajstić information content (AvgIpc) is 0. The number of hydrogen-bond donors (Lipinski definition) is 0. The van der Waals surface area contributed by atoms with Gasteiger partial charge in [0.1, 0.15) is 0 Å². The first kappa shape index (κ1) is 28.4. The van der Waals surface area contributed by atoms with Gasteiger partial charge in [-0.3, -0.25) is 0 Å². The van der Waals surface area contributed by atoms with Crippen molar-refractivity contribution in [2.75, 3.05) is 0 Å². The van der Waals surface area contributed by atoms with E-state index in [-0.39, 0.29) is 89.3 Å². The molecule has 0 atom stereocenters. The van der Waals surface area contributed by atoms with E-state index in [0.717, 1.165) is 0 Å². The molecule has 0 bridgehead atoms. The van der Waals surface area contributed by atoms with Gasteiger partial charge in [0.25, 0.3) is 0 Å². The molecule has 0 N–H and O–H groups in total. The molecule has 0 aromatic heterocycles. The molecule has 0 rings (SSSR count). The predicted molar refractivity (Wildman–Crippen MR) is 17.3 cm³/mol. The SMILES string of the molecule is [Ga].[Ga].[Ga].[Np]. The summed E-state index contributed by atoms with van der Waals surface area (Å²) in [7, 11) is 0. The molecular formula is Ga3Np. The molecule has 4 heteroatoms. The zero-order chi connectivity index (χ0) is 0. The first-order valence-corrected chi connectivity index (χ1v) is 0. The monoisotopic (exact) mass is 443 g/mol. The van der Waals surface area contributed by atoms with Gasteiger partial charge in [0.2, 0.25) is 0 Å². The second-order valence-electron chi connectivity index (χ2n) is 0. The van der Waals surface area contributed by atoms with Crippen molar-refractivity contribution in [2.45, 2.75) is 0 Å². The minimum Gasteiger partial charge on any atom is 0 e. The summed E-state index contributed by atoms with van der Waals surface area (Å²) in [6.07, 6.45) is 0. The standard InChI is InChI=1S/3Ga.Np. The molecule has 0 aliphatic rings. The van der Waals surface area contributed by atoms with Crippen LogP contribution in [-0.4, -0.2) is 59.4 Å². The van der Waals surface area contributed by atoms with Gasteiger partial charge < -0.3 is 0 Å². The Morgan fingerprint density at radius 3 is 0.500 bits per heavy atom. The van der Waals surface area contributed by atoms with E-state index >= 15 is 0 Å². The summed E-state index contributed by atoms with van der Waals surface area (Å²) in [6, 6.07) is 0. The molecule has 0 saturated heterocycles. The molecule has 0 unspecified atom stereocenters. The molecule has 0 spiro atoms. The average molecular weight is 446 g/mol. The summed E-state index contributed by atoms with van der Waals surface area (Å²) in [5.41, 5.74) is 0. The fraction of sp³-hybridized carbons (Fsp3) is 0. The van der Waals surface area contributed by atoms with Gasteiger partial charge in [-0.05, 0) is 0 Å². The third kappa shape index (κ3) is 8.87. The molecule has 0 aromatic carbocycles. The molecule has 0 aliphatic carbocycles. The van der Waals surface area contributed by atoms with Crippen molar-refractivity contribution in [3.63, 3.8) is 0 Å². The molecule has 4 heavy (non-hydrogen) atoms. The van der Waals surface area contributed by atoms with Crippen molar-refractivity contribution in [3.05, 3.63) is 0 Å². The summed E-state index contributed by atoms with van der Waals surface area (Å²) in [5.74, 6) is 0. The van der Waals surface area contributed by atoms with Crippen LogP contribution < -0.4 is 0 Å². The summed E-state index contributed by atoms with van der Waals surface area (Å²) in [4.78, 5) is 0. The van der Waals surface area contributed by atoms with Crippen LogP contribution in [0, 0.1) is 29.9 Å². The maximum atomic E-state index is 0. The second kappa shape index (κ2) is 16.8. The molecule has 10 radical (unpaired) electrons. The Balaban J connectivity index is 0. The smallest absolute Gasteiger partial charge is 0 e. The van der Waals surface area contributed by atoms with Crippen LogP contribution in [0.4, 0.5) is 0 Å². The Morgan fingerprint density at radius 2 is 0.500 bits per heavy atom. The van der Waals surface area contributed by atoms with Crippen molar-refractivity contribution >= 4 is 59.4 Å².